The Kier molecular flexibility index (Phi) is 4.83. The zero-order valence-corrected chi connectivity index (χ0v) is 11.5. The van der Waals surface area contributed by atoms with Crippen molar-refractivity contribution in [1.82, 2.24) is 4.90 Å². The molecular formula is C15H19F2NO2. The predicted octanol–water partition coefficient (Wildman–Crippen LogP) is 2.24. The molecule has 3 nitrogen and oxygen atoms in total. The number of aliphatic hydroxyl groups is 1. The highest BCUT2D eigenvalue weighted by molar-refractivity contribution is 5.97. The Labute approximate surface area is 117 Å². The lowest BCUT2D eigenvalue weighted by molar-refractivity contribution is 0.0663. The fraction of sp³-hybridized carbons (Fsp3) is 0.533. The molecule has 2 rings (SSSR count). The van der Waals surface area contributed by atoms with Gasteiger partial charge in [0.1, 0.15) is 11.6 Å². The van der Waals surface area contributed by atoms with Gasteiger partial charge in [-0.1, -0.05) is 0 Å². The van der Waals surface area contributed by atoms with Crippen LogP contribution in [-0.4, -0.2) is 41.5 Å². The first kappa shape index (κ1) is 15.1. The molecule has 1 heterocycles. The summed E-state index contributed by atoms with van der Waals surface area (Å²) in [6, 6.07) is 3.01. The summed E-state index contributed by atoms with van der Waals surface area (Å²) in [4.78, 5) is 14.0. The zero-order chi connectivity index (χ0) is 14.7. The van der Waals surface area contributed by atoms with E-state index in [0.717, 1.165) is 25.0 Å². The second-order valence-electron chi connectivity index (χ2n) is 5.40. The lowest BCUT2D eigenvalue weighted by Gasteiger charge is -2.32. The molecule has 0 aliphatic carbocycles. The van der Waals surface area contributed by atoms with Gasteiger partial charge >= 0.3 is 0 Å². The minimum atomic E-state index is -0.811. The van der Waals surface area contributed by atoms with Crippen LogP contribution < -0.4 is 0 Å². The molecule has 1 aliphatic rings. The molecule has 110 valence electrons. The fourth-order valence-electron chi connectivity index (χ4n) is 2.60. The van der Waals surface area contributed by atoms with Crippen LogP contribution in [0.25, 0.3) is 0 Å². The van der Waals surface area contributed by atoms with E-state index in [1.165, 1.54) is 6.07 Å². The largest absolute Gasteiger partial charge is 0.393 e. The molecule has 1 saturated heterocycles. The summed E-state index contributed by atoms with van der Waals surface area (Å²) < 4.78 is 26.3. The molecule has 0 saturated carbocycles. The van der Waals surface area contributed by atoms with E-state index in [1.807, 2.05) is 4.90 Å². The summed E-state index contributed by atoms with van der Waals surface area (Å²) in [7, 11) is 0. The summed E-state index contributed by atoms with van der Waals surface area (Å²) in [6.45, 7) is 3.34. The number of carbonyl (C=O) groups excluding carboxylic acids is 1. The average molecular weight is 283 g/mol. The van der Waals surface area contributed by atoms with Gasteiger partial charge in [-0.05, 0) is 50.9 Å². The van der Waals surface area contributed by atoms with Crippen LogP contribution in [0.5, 0.6) is 0 Å². The molecule has 1 aromatic rings. The number of benzene rings is 1. The van der Waals surface area contributed by atoms with E-state index in [-0.39, 0.29) is 29.9 Å². The molecule has 0 amide bonds. The van der Waals surface area contributed by atoms with Crippen LogP contribution in [0.1, 0.15) is 30.1 Å². The number of rotatable bonds is 4. The van der Waals surface area contributed by atoms with Gasteiger partial charge in [-0.25, -0.2) is 8.78 Å². The van der Waals surface area contributed by atoms with Gasteiger partial charge in [0.05, 0.1) is 18.2 Å². The Morgan fingerprint density at radius 3 is 2.60 bits per heavy atom. The van der Waals surface area contributed by atoms with Gasteiger partial charge in [0.25, 0.3) is 0 Å². The summed E-state index contributed by atoms with van der Waals surface area (Å²) in [5.41, 5.74) is -0.0657. The number of ketones is 1. The Morgan fingerprint density at radius 2 is 2.05 bits per heavy atom. The van der Waals surface area contributed by atoms with Crippen molar-refractivity contribution in [2.75, 3.05) is 19.6 Å². The smallest absolute Gasteiger partial charge is 0.179 e. The number of hydrogen-bond acceptors (Lipinski definition) is 3. The molecule has 1 atom stereocenters. The number of likely N-dealkylation sites (tertiary alicyclic amines) is 1. The molecule has 1 aliphatic heterocycles. The number of halogens is 2. The first-order chi connectivity index (χ1) is 9.47. The first-order valence-corrected chi connectivity index (χ1v) is 6.86. The number of carbonyl (C=O) groups is 1. The Morgan fingerprint density at radius 1 is 1.40 bits per heavy atom. The molecule has 1 N–H and O–H groups in total. The van der Waals surface area contributed by atoms with Gasteiger partial charge in [-0.2, -0.15) is 0 Å². The van der Waals surface area contributed by atoms with Crippen molar-refractivity contribution in [2.24, 2.45) is 5.92 Å². The van der Waals surface area contributed by atoms with Gasteiger partial charge in [0.2, 0.25) is 0 Å². The van der Waals surface area contributed by atoms with Gasteiger partial charge < -0.3 is 5.11 Å². The third-order valence-corrected chi connectivity index (χ3v) is 3.91. The van der Waals surface area contributed by atoms with E-state index in [9.17, 15) is 18.7 Å². The molecule has 0 spiro atoms. The molecule has 1 aromatic carbocycles. The van der Waals surface area contributed by atoms with E-state index in [1.54, 1.807) is 6.92 Å². The van der Waals surface area contributed by atoms with Crippen molar-refractivity contribution in [3.8, 4) is 0 Å². The van der Waals surface area contributed by atoms with Crippen molar-refractivity contribution < 1.29 is 18.7 Å². The molecular weight excluding hydrogens is 264 g/mol. The van der Waals surface area contributed by atoms with Crippen molar-refractivity contribution in [1.29, 1.82) is 0 Å². The maximum atomic E-state index is 13.5. The molecule has 1 fully saturated rings. The van der Waals surface area contributed by atoms with Gasteiger partial charge in [-0.3, -0.25) is 9.69 Å². The number of aliphatic hydroxyl groups excluding tert-OH is 1. The molecule has 0 bridgehead atoms. The Hall–Kier alpha value is -1.33. The highest BCUT2D eigenvalue weighted by Gasteiger charge is 2.24. The van der Waals surface area contributed by atoms with Crippen LogP contribution in [0, 0.1) is 17.6 Å². The normalized spacial score (nSPS) is 19.0. The maximum Gasteiger partial charge on any atom is 0.179 e. The Balaban J connectivity index is 1.92. The highest BCUT2D eigenvalue weighted by Crippen LogP contribution is 2.21. The van der Waals surface area contributed by atoms with E-state index >= 15 is 0 Å². The first-order valence-electron chi connectivity index (χ1n) is 6.86. The fourth-order valence-corrected chi connectivity index (χ4v) is 2.60. The van der Waals surface area contributed by atoms with E-state index in [0.29, 0.717) is 13.1 Å². The lowest BCUT2D eigenvalue weighted by atomic mass is 9.92. The molecule has 5 heteroatoms. The number of hydrogen-bond donors (Lipinski definition) is 1. The third-order valence-electron chi connectivity index (χ3n) is 3.91. The minimum Gasteiger partial charge on any atom is -0.393 e. The minimum absolute atomic E-state index is 0.0657. The van der Waals surface area contributed by atoms with Crippen LogP contribution in [0.3, 0.4) is 0 Å². The van der Waals surface area contributed by atoms with Crippen LogP contribution in [0.4, 0.5) is 8.78 Å². The molecule has 20 heavy (non-hydrogen) atoms. The summed E-state index contributed by atoms with van der Waals surface area (Å²) in [5.74, 6) is -1.56. The molecule has 1 unspecified atom stereocenters. The highest BCUT2D eigenvalue weighted by atomic mass is 19.1. The quantitative estimate of drug-likeness (QED) is 0.862. The van der Waals surface area contributed by atoms with Crippen LogP contribution in [0.2, 0.25) is 0 Å². The number of Topliss-reactive ketones (excluding diaryl/α,β-unsaturated/α-hetero) is 1. The molecule has 0 radical (unpaired) electrons. The van der Waals surface area contributed by atoms with E-state index < -0.39 is 11.6 Å². The summed E-state index contributed by atoms with van der Waals surface area (Å²) in [5, 5.41) is 9.52. The number of nitrogens with zero attached hydrogens (tertiary/aromatic N) is 1. The second-order valence-corrected chi connectivity index (χ2v) is 5.40. The van der Waals surface area contributed by atoms with Gasteiger partial charge in [0.15, 0.2) is 5.78 Å². The topological polar surface area (TPSA) is 40.5 Å². The monoisotopic (exact) mass is 283 g/mol. The standard InChI is InChI=1S/C15H19F2NO2/c1-10(19)11-4-6-18(7-5-11)9-15(20)13-3-2-12(16)8-14(13)17/h2-3,8,10-11,19H,4-7,9H2,1H3. The van der Waals surface area contributed by atoms with Crippen LogP contribution in [0.15, 0.2) is 18.2 Å². The van der Waals surface area contributed by atoms with Crippen LogP contribution in [-0.2, 0) is 0 Å². The summed E-state index contributed by atoms with van der Waals surface area (Å²) >= 11 is 0. The van der Waals surface area contributed by atoms with Gasteiger partial charge in [-0.15, -0.1) is 0 Å². The van der Waals surface area contributed by atoms with E-state index in [4.69, 9.17) is 0 Å². The van der Waals surface area contributed by atoms with Crippen LogP contribution >= 0.6 is 0 Å². The average Bonchev–Trinajstić information content (AvgIpc) is 2.39. The zero-order valence-electron chi connectivity index (χ0n) is 11.5. The summed E-state index contributed by atoms with van der Waals surface area (Å²) in [6.07, 6.45) is 1.33. The van der Waals surface area contributed by atoms with Gasteiger partial charge in [0, 0.05) is 6.07 Å². The van der Waals surface area contributed by atoms with Crippen molar-refractivity contribution in [3.63, 3.8) is 0 Å². The Bertz CT molecular complexity index is 483. The van der Waals surface area contributed by atoms with Crippen molar-refractivity contribution in [3.05, 3.63) is 35.4 Å². The predicted molar refractivity (Wildman–Crippen MR) is 71.5 cm³/mol. The molecule has 0 aromatic heterocycles. The SMILES string of the molecule is CC(O)C1CCN(CC(=O)c2ccc(F)cc2F)CC1. The van der Waals surface area contributed by atoms with Crippen molar-refractivity contribution >= 4 is 5.78 Å². The maximum absolute atomic E-state index is 13.5. The third kappa shape index (κ3) is 3.61. The van der Waals surface area contributed by atoms with E-state index in [2.05, 4.69) is 0 Å². The van der Waals surface area contributed by atoms with Crippen molar-refractivity contribution in [2.45, 2.75) is 25.9 Å². The number of piperidine rings is 1. The second kappa shape index (κ2) is 6.41. The lowest BCUT2D eigenvalue weighted by Crippen LogP contribution is -2.39.